The van der Waals surface area contributed by atoms with Crippen LogP contribution < -0.4 is 5.32 Å². The van der Waals surface area contributed by atoms with Gasteiger partial charge in [0, 0.05) is 6.42 Å². The van der Waals surface area contributed by atoms with Crippen molar-refractivity contribution in [3.05, 3.63) is 12.2 Å². The van der Waals surface area contributed by atoms with E-state index in [0.717, 1.165) is 25.7 Å². The second kappa shape index (κ2) is 39.6. The van der Waals surface area contributed by atoms with Crippen LogP contribution >= 0.6 is 0 Å². The predicted octanol–water partition coefficient (Wildman–Crippen LogP) is 13.1. The molecule has 2 atom stereocenters. The molecular weight excluding hydrogens is 578 g/mol. The van der Waals surface area contributed by atoms with Crippen LogP contribution in [0.25, 0.3) is 0 Å². The molecule has 0 aromatic heterocycles. The summed E-state index contributed by atoms with van der Waals surface area (Å²) in [5.41, 5.74) is 0. The Morgan fingerprint density at radius 3 is 1.11 bits per heavy atom. The van der Waals surface area contributed by atoms with E-state index < -0.39 is 12.1 Å². The van der Waals surface area contributed by atoms with Gasteiger partial charge in [-0.1, -0.05) is 225 Å². The smallest absolute Gasteiger partial charge is 0.220 e. The number of amides is 1. The zero-order valence-corrected chi connectivity index (χ0v) is 32.1. The van der Waals surface area contributed by atoms with Crippen LogP contribution in [0, 0.1) is 0 Å². The zero-order valence-electron chi connectivity index (χ0n) is 32.1. The Morgan fingerprint density at radius 2 is 0.787 bits per heavy atom. The molecule has 0 rings (SSSR count). The Bertz CT molecular complexity index is 637. The van der Waals surface area contributed by atoms with E-state index in [1.54, 1.807) is 6.08 Å². The summed E-state index contributed by atoms with van der Waals surface area (Å²) in [5, 5.41) is 23.0. The van der Waals surface area contributed by atoms with E-state index in [4.69, 9.17) is 0 Å². The standard InChI is InChI=1S/C43H85NO3/c1-3-5-7-9-11-13-15-17-19-20-21-22-23-25-27-29-31-33-35-37-39-43(47)44-41(40-45)42(46)38-36-34-32-30-28-26-24-18-16-14-12-10-8-6-4-2/h36,38,41-42,45-46H,3-35,37,39-40H2,1-2H3,(H,44,47)/b38-36+/t41-,42+/m0/s1. The summed E-state index contributed by atoms with van der Waals surface area (Å²) in [6.45, 7) is 4.32. The average Bonchev–Trinajstić information content (AvgIpc) is 3.07. The quantitative estimate of drug-likeness (QED) is 0.0453. The lowest BCUT2D eigenvalue weighted by molar-refractivity contribution is -0.123. The summed E-state index contributed by atoms with van der Waals surface area (Å²) >= 11 is 0. The van der Waals surface area contributed by atoms with E-state index in [1.165, 1.54) is 193 Å². The first kappa shape index (κ1) is 46.1. The van der Waals surface area contributed by atoms with Crippen LogP contribution in [-0.4, -0.2) is 34.9 Å². The topological polar surface area (TPSA) is 69.6 Å². The molecule has 0 aromatic rings. The molecule has 0 radical (unpaired) electrons. The Balaban J connectivity index is 3.52. The molecule has 0 unspecified atom stereocenters. The Hall–Kier alpha value is -0.870. The zero-order chi connectivity index (χ0) is 34.3. The summed E-state index contributed by atoms with van der Waals surface area (Å²) in [6, 6.07) is -0.615. The highest BCUT2D eigenvalue weighted by Crippen LogP contribution is 2.16. The fourth-order valence-corrected chi connectivity index (χ4v) is 6.71. The minimum Gasteiger partial charge on any atom is -0.394 e. The lowest BCUT2D eigenvalue weighted by Gasteiger charge is -2.20. The van der Waals surface area contributed by atoms with Gasteiger partial charge in [-0.2, -0.15) is 0 Å². The molecular formula is C43H85NO3. The Kier molecular flexibility index (Phi) is 38.8. The van der Waals surface area contributed by atoms with Crippen molar-refractivity contribution in [2.45, 2.75) is 251 Å². The monoisotopic (exact) mass is 664 g/mol. The van der Waals surface area contributed by atoms with Gasteiger partial charge in [-0.15, -0.1) is 0 Å². The van der Waals surface area contributed by atoms with Crippen LogP contribution in [0.4, 0.5) is 0 Å². The van der Waals surface area contributed by atoms with Crippen molar-refractivity contribution in [1.29, 1.82) is 0 Å². The second-order valence-corrected chi connectivity index (χ2v) is 14.8. The maximum Gasteiger partial charge on any atom is 0.220 e. The van der Waals surface area contributed by atoms with Gasteiger partial charge < -0.3 is 15.5 Å². The average molecular weight is 664 g/mol. The fraction of sp³-hybridized carbons (Fsp3) is 0.930. The molecule has 1 amide bonds. The first-order chi connectivity index (χ1) is 23.2. The highest BCUT2D eigenvalue weighted by Gasteiger charge is 2.17. The van der Waals surface area contributed by atoms with Gasteiger partial charge in [0.2, 0.25) is 5.91 Å². The molecule has 0 saturated heterocycles. The van der Waals surface area contributed by atoms with Crippen molar-refractivity contribution < 1.29 is 15.0 Å². The molecule has 0 aliphatic heterocycles. The SMILES string of the molecule is CCCCCCCCCCCCCCC/C=C/[C@@H](O)[C@H](CO)NC(=O)CCCCCCCCCCCCCCCCCCCCCC. The van der Waals surface area contributed by atoms with Crippen LogP contribution in [0.1, 0.15) is 239 Å². The first-order valence-corrected chi connectivity index (χ1v) is 21.4. The number of hydrogen-bond acceptors (Lipinski definition) is 3. The number of carbonyl (C=O) groups is 1. The molecule has 0 bridgehead atoms. The van der Waals surface area contributed by atoms with Gasteiger partial charge in [0.1, 0.15) is 0 Å². The van der Waals surface area contributed by atoms with Gasteiger partial charge in [-0.25, -0.2) is 0 Å². The summed E-state index contributed by atoms with van der Waals surface area (Å²) < 4.78 is 0. The van der Waals surface area contributed by atoms with Gasteiger partial charge in [0.05, 0.1) is 18.8 Å². The lowest BCUT2D eigenvalue weighted by Crippen LogP contribution is -2.45. The molecule has 4 nitrogen and oxygen atoms in total. The van der Waals surface area contributed by atoms with E-state index >= 15 is 0 Å². The van der Waals surface area contributed by atoms with E-state index in [0.29, 0.717) is 6.42 Å². The van der Waals surface area contributed by atoms with Crippen molar-refractivity contribution in [2.75, 3.05) is 6.61 Å². The molecule has 3 N–H and O–H groups in total. The molecule has 280 valence electrons. The van der Waals surface area contributed by atoms with Crippen LogP contribution in [0.5, 0.6) is 0 Å². The van der Waals surface area contributed by atoms with Gasteiger partial charge in [-0.3, -0.25) is 4.79 Å². The highest BCUT2D eigenvalue weighted by molar-refractivity contribution is 5.76. The molecule has 0 saturated carbocycles. The van der Waals surface area contributed by atoms with Crippen molar-refractivity contribution in [1.82, 2.24) is 5.32 Å². The molecule has 0 spiro atoms. The van der Waals surface area contributed by atoms with E-state index in [1.807, 2.05) is 6.08 Å². The third-order valence-electron chi connectivity index (χ3n) is 10.0. The molecule has 0 aliphatic carbocycles. The first-order valence-electron chi connectivity index (χ1n) is 21.4. The van der Waals surface area contributed by atoms with Crippen molar-refractivity contribution in [3.63, 3.8) is 0 Å². The van der Waals surface area contributed by atoms with E-state index in [9.17, 15) is 15.0 Å². The van der Waals surface area contributed by atoms with E-state index in [2.05, 4.69) is 19.2 Å². The highest BCUT2D eigenvalue weighted by atomic mass is 16.3. The Morgan fingerprint density at radius 1 is 0.489 bits per heavy atom. The third-order valence-corrected chi connectivity index (χ3v) is 10.0. The summed E-state index contributed by atoms with van der Waals surface area (Å²) in [7, 11) is 0. The largest absolute Gasteiger partial charge is 0.394 e. The summed E-state index contributed by atoms with van der Waals surface area (Å²) in [4.78, 5) is 12.4. The number of aliphatic hydroxyl groups is 2. The molecule has 0 aliphatic rings. The molecule has 0 aromatic carbocycles. The van der Waals surface area contributed by atoms with Gasteiger partial charge in [0.15, 0.2) is 0 Å². The minimum absolute atomic E-state index is 0.0598. The predicted molar refractivity (Wildman–Crippen MR) is 207 cm³/mol. The number of nitrogens with one attached hydrogen (secondary N) is 1. The Labute approximate surface area is 295 Å². The van der Waals surface area contributed by atoms with Crippen molar-refractivity contribution in [3.8, 4) is 0 Å². The van der Waals surface area contributed by atoms with Crippen LogP contribution in [0.2, 0.25) is 0 Å². The van der Waals surface area contributed by atoms with E-state index in [-0.39, 0.29) is 12.5 Å². The minimum atomic E-state index is -0.833. The lowest BCUT2D eigenvalue weighted by atomic mass is 10.0. The number of carbonyl (C=O) groups excluding carboxylic acids is 1. The number of hydrogen-bond donors (Lipinski definition) is 3. The van der Waals surface area contributed by atoms with Crippen molar-refractivity contribution >= 4 is 5.91 Å². The number of unbranched alkanes of at least 4 members (excludes halogenated alkanes) is 32. The van der Waals surface area contributed by atoms with Crippen LogP contribution in [0.15, 0.2) is 12.2 Å². The van der Waals surface area contributed by atoms with Gasteiger partial charge in [0.25, 0.3) is 0 Å². The second-order valence-electron chi connectivity index (χ2n) is 14.8. The summed E-state index contributed by atoms with van der Waals surface area (Å²) in [6.07, 6.45) is 48.8. The third kappa shape index (κ3) is 36.2. The number of allylic oxidation sites excluding steroid dienone is 1. The molecule has 0 fully saturated rings. The van der Waals surface area contributed by atoms with Gasteiger partial charge in [-0.05, 0) is 19.3 Å². The fourth-order valence-electron chi connectivity index (χ4n) is 6.71. The molecule has 47 heavy (non-hydrogen) atoms. The maximum absolute atomic E-state index is 12.4. The molecule has 4 heteroatoms. The summed E-state index contributed by atoms with van der Waals surface area (Å²) in [5.74, 6) is -0.0598. The normalized spacial score (nSPS) is 13.0. The van der Waals surface area contributed by atoms with Crippen LogP contribution in [-0.2, 0) is 4.79 Å². The van der Waals surface area contributed by atoms with Crippen LogP contribution in [0.3, 0.4) is 0 Å². The van der Waals surface area contributed by atoms with Crippen molar-refractivity contribution in [2.24, 2.45) is 0 Å². The number of aliphatic hydroxyl groups excluding tert-OH is 2. The van der Waals surface area contributed by atoms with Gasteiger partial charge >= 0.3 is 0 Å². The maximum atomic E-state index is 12.4. The molecule has 0 heterocycles. The number of rotatable bonds is 39.